The lowest BCUT2D eigenvalue weighted by Crippen LogP contribution is -2.27. The van der Waals surface area contributed by atoms with E-state index in [-0.39, 0.29) is 0 Å². The Balaban J connectivity index is 2.88. The fourth-order valence-electron chi connectivity index (χ4n) is 0.477. The van der Waals surface area contributed by atoms with E-state index in [1.54, 1.807) is 0 Å². The third-order valence-corrected chi connectivity index (χ3v) is 1.05. The monoisotopic (exact) mass is 127 g/mol. The average molecular weight is 127 g/mol. The second-order valence-electron chi connectivity index (χ2n) is 1.78. The van der Waals surface area contributed by atoms with E-state index in [0.29, 0.717) is 0 Å². The number of aliphatic imine (C=N–C) groups is 2. The topological polar surface area (TPSA) is 67.9 Å². The highest BCUT2D eigenvalue weighted by molar-refractivity contribution is 6.17. The molecule has 0 aromatic heterocycles. The van der Waals surface area contributed by atoms with Crippen molar-refractivity contribution in [2.24, 2.45) is 9.98 Å². The molecule has 0 bridgehead atoms. The molecule has 0 aromatic rings. The molecular weight excluding hydrogens is 122 g/mol. The average Bonchev–Trinajstić information content (AvgIpc) is 2.16. The van der Waals surface area contributed by atoms with Crippen LogP contribution in [0.15, 0.2) is 9.98 Å². The number of nitro groups is 1. The standard InChI is InChI=1S/C4H5N3O2/c1-4(7(8)9)5-2-3-6-4/h2-3H,1H3. The van der Waals surface area contributed by atoms with Crippen LogP contribution >= 0.6 is 0 Å². The van der Waals surface area contributed by atoms with E-state index in [9.17, 15) is 10.1 Å². The van der Waals surface area contributed by atoms with Crippen molar-refractivity contribution in [2.45, 2.75) is 12.7 Å². The van der Waals surface area contributed by atoms with Gasteiger partial charge in [0.1, 0.15) is 0 Å². The molecule has 5 nitrogen and oxygen atoms in total. The molecule has 0 spiro atoms. The minimum absolute atomic E-state index is 0.535. The lowest BCUT2D eigenvalue weighted by molar-refractivity contribution is -0.560. The number of hydrogen-bond donors (Lipinski definition) is 0. The summed E-state index contributed by atoms with van der Waals surface area (Å²) in [6.45, 7) is 1.34. The maximum Gasteiger partial charge on any atom is 0.408 e. The summed E-state index contributed by atoms with van der Waals surface area (Å²) in [6, 6.07) is 0. The lowest BCUT2D eigenvalue weighted by Gasteiger charge is -2.04. The minimum atomic E-state index is -1.44. The molecule has 0 saturated carbocycles. The molecule has 9 heavy (non-hydrogen) atoms. The summed E-state index contributed by atoms with van der Waals surface area (Å²) >= 11 is 0. The Labute approximate surface area is 51.3 Å². The van der Waals surface area contributed by atoms with E-state index in [1.165, 1.54) is 19.4 Å². The molecule has 1 aliphatic rings. The summed E-state index contributed by atoms with van der Waals surface area (Å²) in [6.07, 6.45) is 2.64. The van der Waals surface area contributed by atoms with Gasteiger partial charge in [0.05, 0.1) is 11.8 Å². The van der Waals surface area contributed by atoms with Gasteiger partial charge in [-0.1, -0.05) is 0 Å². The number of rotatable bonds is 1. The van der Waals surface area contributed by atoms with Crippen LogP contribution in [-0.4, -0.2) is 23.1 Å². The van der Waals surface area contributed by atoms with E-state index in [0.717, 1.165) is 0 Å². The Morgan fingerprint density at radius 1 is 1.56 bits per heavy atom. The SMILES string of the molecule is CC1([N+](=O)[O-])N=CC=N1. The fraction of sp³-hybridized carbons (Fsp3) is 0.500. The van der Waals surface area contributed by atoms with Crippen LogP contribution in [0.4, 0.5) is 0 Å². The first-order valence-corrected chi connectivity index (χ1v) is 2.39. The van der Waals surface area contributed by atoms with Crippen LogP contribution in [0.25, 0.3) is 0 Å². The zero-order valence-corrected chi connectivity index (χ0v) is 4.81. The van der Waals surface area contributed by atoms with Gasteiger partial charge in [-0.3, -0.25) is 10.1 Å². The van der Waals surface area contributed by atoms with Gasteiger partial charge >= 0.3 is 5.79 Å². The molecule has 0 unspecified atom stereocenters. The van der Waals surface area contributed by atoms with Crippen molar-refractivity contribution < 1.29 is 4.92 Å². The highest BCUT2D eigenvalue weighted by Crippen LogP contribution is 2.13. The molecule has 5 heteroatoms. The van der Waals surface area contributed by atoms with Crippen molar-refractivity contribution in [3.63, 3.8) is 0 Å². The van der Waals surface area contributed by atoms with Gasteiger partial charge in [0.2, 0.25) is 0 Å². The van der Waals surface area contributed by atoms with Gasteiger partial charge in [-0.05, 0) is 0 Å². The van der Waals surface area contributed by atoms with Crippen LogP contribution < -0.4 is 0 Å². The highest BCUT2D eigenvalue weighted by Gasteiger charge is 2.36. The normalized spacial score (nSPS) is 20.6. The van der Waals surface area contributed by atoms with Gasteiger partial charge in [-0.15, -0.1) is 0 Å². The highest BCUT2D eigenvalue weighted by atomic mass is 16.6. The van der Waals surface area contributed by atoms with Crippen LogP contribution in [0.3, 0.4) is 0 Å². The maximum absolute atomic E-state index is 10.1. The number of nitrogens with zero attached hydrogens (tertiary/aromatic N) is 3. The molecule has 1 heterocycles. The minimum Gasteiger partial charge on any atom is -0.260 e. The first-order valence-electron chi connectivity index (χ1n) is 2.39. The van der Waals surface area contributed by atoms with Crippen LogP contribution in [-0.2, 0) is 0 Å². The largest absolute Gasteiger partial charge is 0.408 e. The Kier molecular flexibility index (Phi) is 1.05. The van der Waals surface area contributed by atoms with Crippen LogP contribution in [0.1, 0.15) is 6.92 Å². The Morgan fingerprint density at radius 3 is 2.22 bits per heavy atom. The Bertz CT molecular complexity index is 184. The third kappa shape index (κ3) is 0.802. The summed E-state index contributed by atoms with van der Waals surface area (Å²) in [5, 5.41) is 10.1. The molecule has 1 aliphatic heterocycles. The first kappa shape index (κ1) is 5.87. The van der Waals surface area contributed by atoms with E-state index >= 15 is 0 Å². The van der Waals surface area contributed by atoms with E-state index in [4.69, 9.17) is 0 Å². The predicted octanol–water partition coefficient (Wildman–Crippen LogP) is 0.0920. The van der Waals surface area contributed by atoms with Crippen LogP contribution in [0.2, 0.25) is 0 Å². The molecule has 0 aromatic carbocycles. The van der Waals surface area contributed by atoms with Crippen molar-refractivity contribution in [2.75, 3.05) is 0 Å². The summed E-state index contributed by atoms with van der Waals surface area (Å²) in [5.74, 6) is -1.44. The predicted molar refractivity (Wildman–Crippen MR) is 32.4 cm³/mol. The molecule has 48 valence electrons. The Morgan fingerprint density at radius 2 is 2.00 bits per heavy atom. The van der Waals surface area contributed by atoms with E-state index in [1.807, 2.05) is 0 Å². The zero-order chi connectivity index (χ0) is 6.91. The fourth-order valence-corrected chi connectivity index (χ4v) is 0.477. The smallest absolute Gasteiger partial charge is 0.260 e. The lowest BCUT2D eigenvalue weighted by atomic mass is 10.5. The summed E-state index contributed by atoms with van der Waals surface area (Å²) < 4.78 is 0. The van der Waals surface area contributed by atoms with Gasteiger partial charge in [0.25, 0.3) is 0 Å². The van der Waals surface area contributed by atoms with E-state index < -0.39 is 10.7 Å². The third-order valence-electron chi connectivity index (χ3n) is 1.05. The van der Waals surface area contributed by atoms with Crippen LogP contribution in [0, 0.1) is 10.1 Å². The van der Waals surface area contributed by atoms with Crippen molar-refractivity contribution in [3.8, 4) is 0 Å². The maximum atomic E-state index is 10.1. The molecule has 0 saturated heterocycles. The zero-order valence-electron chi connectivity index (χ0n) is 4.81. The van der Waals surface area contributed by atoms with Crippen LogP contribution in [0.5, 0.6) is 0 Å². The second kappa shape index (κ2) is 1.61. The quantitative estimate of drug-likeness (QED) is 0.370. The first-order chi connectivity index (χ1) is 4.15. The van der Waals surface area contributed by atoms with Gasteiger partial charge < -0.3 is 0 Å². The molecule has 1 rings (SSSR count). The van der Waals surface area contributed by atoms with Gasteiger partial charge in [0, 0.05) is 12.4 Å². The Hall–Kier alpha value is -1.26. The molecule has 0 atom stereocenters. The summed E-state index contributed by atoms with van der Waals surface area (Å²) in [7, 11) is 0. The van der Waals surface area contributed by atoms with Gasteiger partial charge in [0.15, 0.2) is 0 Å². The molecule has 0 fully saturated rings. The van der Waals surface area contributed by atoms with Crippen molar-refractivity contribution in [1.29, 1.82) is 0 Å². The number of hydrogen-bond acceptors (Lipinski definition) is 4. The van der Waals surface area contributed by atoms with E-state index in [2.05, 4.69) is 9.98 Å². The molecule has 0 radical (unpaired) electrons. The molecule has 0 amide bonds. The molecule has 0 aliphatic carbocycles. The summed E-state index contributed by atoms with van der Waals surface area (Å²) in [5.41, 5.74) is 0. The van der Waals surface area contributed by atoms with Gasteiger partial charge in [-0.2, -0.15) is 9.98 Å². The van der Waals surface area contributed by atoms with Crippen molar-refractivity contribution in [3.05, 3.63) is 10.1 Å². The summed E-state index contributed by atoms with van der Waals surface area (Å²) in [4.78, 5) is 16.6. The second-order valence-corrected chi connectivity index (χ2v) is 1.78. The van der Waals surface area contributed by atoms with Crippen molar-refractivity contribution in [1.82, 2.24) is 0 Å². The van der Waals surface area contributed by atoms with Gasteiger partial charge in [-0.25, -0.2) is 0 Å². The molecule has 0 N–H and O–H groups in total. The molecular formula is C4H5N3O2. The van der Waals surface area contributed by atoms with Crippen molar-refractivity contribution >= 4 is 12.4 Å².